The lowest BCUT2D eigenvalue weighted by atomic mass is 9.64. The highest BCUT2D eigenvalue weighted by atomic mass is 16.4. The highest BCUT2D eigenvalue weighted by Crippen LogP contribution is 2.44. The minimum absolute atomic E-state index is 0.253. The molecule has 0 radical (unpaired) electrons. The van der Waals surface area contributed by atoms with E-state index in [1.165, 1.54) is 0 Å². The van der Waals surface area contributed by atoms with Crippen molar-refractivity contribution in [3.63, 3.8) is 0 Å². The fraction of sp³-hybridized carbons (Fsp3) is 0.250. The Balaban J connectivity index is 2.04. The number of carbonyl (C=O) groups is 2. The molecule has 0 saturated heterocycles. The van der Waals surface area contributed by atoms with Crippen LogP contribution in [0.25, 0.3) is 10.8 Å². The van der Waals surface area contributed by atoms with Gasteiger partial charge in [-0.05, 0) is 29.7 Å². The number of ketones is 1. The molecule has 0 heterocycles. The number of aliphatic carboxylic acids is 1. The summed E-state index contributed by atoms with van der Waals surface area (Å²) >= 11 is 0. The van der Waals surface area contributed by atoms with Gasteiger partial charge in [0.1, 0.15) is 5.41 Å². The van der Waals surface area contributed by atoms with Gasteiger partial charge in [-0.2, -0.15) is 0 Å². The lowest BCUT2D eigenvalue weighted by Crippen LogP contribution is -2.45. The van der Waals surface area contributed by atoms with Crippen molar-refractivity contribution in [2.45, 2.75) is 19.3 Å². The Morgan fingerprint density at radius 2 is 1.68 bits per heavy atom. The third-order valence-corrected chi connectivity index (χ3v) is 4.06. The normalized spacial score (nSPS) is 16.8. The Labute approximate surface area is 110 Å². The number of fused-ring (bicyclic) bond motifs is 1. The topological polar surface area (TPSA) is 54.4 Å². The van der Waals surface area contributed by atoms with Crippen LogP contribution >= 0.6 is 0 Å². The number of carboxylic acids is 1. The Hall–Kier alpha value is -2.16. The molecule has 1 saturated carbocycles. The lowest BCUT2D eigenvalue weighted by molar-refractivity contribution is -0.150. The summed E-state index contributed by atoms with van der Waals surface area (Å²) in [5, 5.41) is 11.3. The van der Waals surface area contributed by atoms with Gasteiger partial charge in [0.15, 0.2) is 5.78 Å². The number of hydrogen-bond donors (Lipinski definition) is 1. The lowest BCUT2D eigenvalue weighted by Gasteiger charge is -2.36. The second kappa shape index (κ2) is 4.19. The molecule has 0 spiro atoms. The first kappa shape index (κ1) is 11.9. The van der Waals surface area contributed by atoms with Crippen molar-refractivity contribution in [1.82, 2.24) is 0 Å². The molecule has 0 atom stereocenters. The minimum Gasteiger partial charge on any atom is -0.480 e. The van der Waals surface area contributed by atoms with Gasteiger partial charge in [0, 0.05) is 5.56 Å². The van der Waals surface area contributed by atoms with Gasteiger partial charge < -0.3 is 5.11 Å². The molecule has 1 aliphatic rings. The quantitative estimate of drug-likeness (QED) is 0.675. The molecular formula is C16H14O3. The van der Waals surface area contributed by atoms with Gasteiger partial charge in [-0.15, -0.1) is 0 Å². The van der Waals surface area contributed by atoms with Crippen LogP contribution in [0.4, 0.5) is 0 Å². The second-order valence-electron chi connectivity index (χ2n) is 5.13. The largest absolute Gasteiger partial charge is 0.480 e. The molecule has 0 aliphatic heterocycles. The number of carbonyl (C=O) groups excluding carboxylic acids is 1. The molecule has 1 fully saturated rings. The number of hydrogen-bond acceptors (Lipinski definition) is 2. The first-order valence-corrected chi connectivity index (χ1v) is 6.40. The van der Waals surface area contributed by atoms with Gasteiger partial charge in [0.2, 0.25) is 0 Å². The minimum atomic E-state index is -1.18. The standard InChI is InChI=1S/C16H14O3/c17-14(16(15(18)19)8-3-9-16)13-7-6-11-4-1-2-5-12(11)10-13/h1-2,4-7,10H,3,8-9H2,(H,18,19). The van der Waals surface area contributed by atoms with E-state index in [0.29, 0.717) is 18.4 Å². The van der Waals surface area contributed by atoms with Crippen molar-refractivity contribution in [1.29, 1.82) is 0 Å². The molecule has 19 heavy (non-hydrogen) atoms. The van der Waals surface area contributed by atoms with Crippen molar-refractivity contribution in [2.75, 3.05) is 0 Å². The third kappa shape index (κ3) is 1.73. The van der Waals surface area contributed by atoms with E-state index >= 15 is 0 Å². The Bertz CT molecular complexity index is 669. The Morgan fingerprint density at radius 1 is 1.00 bits per heavy atom. The van der Waals surface area contributed by atoms with E-state index < -0.39 is 11.4 Å². The van der Waals surface area contributed by atoms with Crippen LogP contribution < -0.4 is 0 Å². The maximum atomic E-state index is 12.5. The molecule has 0 aromatic heterocycles. The molecule has 0 bridgehead atoms. The molecule has 3 heteroatoms. The zero-order chi connectivity index (χ0) is 13.5. The summed E-state index contributed by atoms with van der Waals surface area (Å²) in [6, 6.07) is 13.1. The van der Waals surface area contributed by atoms with Crippen molar-refractivity contribution in [2.24, 2.45) is 5.41 Å². The first-order valence-electron chi connectivity index (χ1n) is 6.40. The predicted molar refractivity (Wildman–Crippen MR) is 72.2 cm³/mol. The van der Waals surface area contributed by atoms with Crippen LogP contribution in [0.15, 0.2) is 42.5 Å². The zero-order valence-electron chi connectivity index (χ0n) is 10.4. The monoisotopic (exact) mass is 254 g/mol. The van der Waals surface area contributed by atoms with E-state index in [4.69, 9.17) is 0 Å². The van der Waals surface area contributed by atoms with Crippen molar-refractivity contribution in [3.05, 3.63) is 48.0 Å². The van der Waals surface area contributed by atoms with E-state index in [2.05, 4.69) is 0 Å². The molecule has 1 aliphatic carbocycles. The molecule has 0 amide bonds. The van der Waals surface area contributed by atoms with E-state index in [0.717, 1.165) is 17.2 Å². The van der Waals surface area contributed by atoms with Gasteiger partial charge in [0.25, 0.3) is 0 Å². The summed E-state index contributed by atoms with van der Waals surface area (Å²) in [6.07, 6.45) is 1.72. The molecular weight excluding hydrogens is 240 g/mol. The maximum absolute atomic E-state index is 12.5. The van der Waals surface area contributed by atoms with Gasteiger partial charge in [0.05, 0.1) is 0 Å². The zero-order valence-corrected chi connectivity index (χ0v) is 10.4. The van der Waals surface area contributed by atoms with E-state index in [9.17, 15) is 14.7 Å². The third-order valence-electron chi connectivity index (χ3n) is 4.06. The SMILES string of the molecule is O=C(O)C1(C(=O)c2ccc3ccccc3c2)CCC1. The Morgan fingerprint density at radius 3 is 2.26 bits per heavy atom. The summed E-state index contributed by atoms with van der Waals surface area (Å²) in [6.45, 7) is 0. The molecule has 3 rings (SSSR count). The van der Waals surface area contributed by atoms with Gasteiger partial charge in [-0.25, -0.2) is 0 Å². The number of carboxylic acid groups (broad SMARTS) is 1. The summed E-state index contributed by atoms with van der Waals surface area (Å²) in [5.41, 5.74) is -0.677. The first-order chi connectivity index (χ1) is 9.13. The average molecular weight is 254 g/mol. The average Bonchev–Trinajstić information content (AvgIpc) is 2.36. The molecule has 0 unspecified atom stereocenters. The van der Waals surface area contributed by atoms with Crippen LogP contribution in [-0.2, 0) is 4.79 Å². The summed E-state index contributed by atoms with van der Waals surface area (Å²) in [7, 11) is 0. The summed E-state index contributed by atoms with van der Waals surface area (Å²) in [4.78, 5) is 23.8. The van der Waals surface area contributed by atoms with Crippen LogP contribution in [0.5, 0.6) is 0 Å². The van der Waals surface area contributed by atoms with Crippen LogP contribution in [-0.4, -0.2) is 16.9 Å². The molecule has 2 aromatic rings. The summed E-state index contributed by atoms with van der Waals surface area (Å²) in [5.74, 6) is -1.24. The number of rotatable bonds is 3. The van der Waals surface area contributed by atoms with Crippen molar-refractivity contribution >= 4 is 22.5 Å². The molecule has 3 nitrogen and oxygen atoms in total. The van der Waals surface area contributed by atoms with E-state index in [1.807, 2.05) is 30.3 Å². The maximum Gasteiger partial charge on any atom is 0.317 e. The van der Waals surface area contributed by atoms with E-state index in [1.54, 1.807) is 12.1 Å². The molecule has 2 aromatic carbocycles. The van der Waals surface area contributed by atoms with Crippen LogP contribution in [0.2, 0.25) is 0 Å². The molecule has 1 N–H and O–H groups in total. The van der Waals surface area contributed by atoms with Crippen LogP contribution in [0.1, 0.15) is 29.6 Å². The van der Waals surface area contributed by atoms with Crippen LogP contribution in [0.3, 0.4) is 0 Å². The number of Topliss-reactive ketones (excluding diaryl/α,β-unsaturated/α-hetero) is 1. The fourth-order valence-electron chi connectivity index (χ4n) is 2.68. The predicted octanol–water partition coefficient (Wildman–Crippen LogP) is 3.28. The van der Waals surface area contributed by atoms with Gasteiger partial charge in [-0.3, -0.25) is 9.59 Å². The highest BCUT2D eigenvalue weighted by molar-refractivity contribution is 6.13. The van der Waals surface area contributed by atoms with E-state index in [-0.39, 0.29) is 5.78 Å². The number of benzene rings is 2. The smallest absolute Gasteiger partial charge is 0.317 e. The van der Waals surface area contributed by atoms with Gasteiger partial charge in [-0.1, -0.05) is 42.8 Å². The van der Waals surface area contributed by atoms with Crippen molar-refractivity contribution < 1.29 is 14.7 Å². The fourth-order valence-corrected chi connectivity index (χ4v) is 2.68. The highest BCUT2D eigenvalue weighted by Gasteiger charge is 2.51. The van der Waals surface area contributed by atoms with Gasteiger partial charge >= 0.3 is 5.97 Å². The van der Waals surface area contributed by atoms with Crippen LogP contribution in [0, 0.1) is 5.41 Å². The second-order valence-corrected chi connectivity index (χ2v) is 5.13. The summed E-state index contributed by atoms with van der Waals surface area (Å²) < 4.78 is 0. The molecule has 96 valence electrons. The van der Waals surface area contributed by atoms with Crippen molar-refractivity contribution in [3.8, 4) is 0 Å². The Kier molecular flexibility index (Phi) is 2.63.